The minimum Gasteiger partial charge on any atom is -0.301 e. The van der Waals surface area contributed by atoms with E-state index >= 15 is 0 Å². The van der Waals surface area contributed by atoms with Gasteiger partial charge in [-0.3, -0.25) is 4.79 Å². The summed E-state index contributed by atoms with van der Waals surface area (Å²) < 4.78 is 25.9. The van der Waals surface area contributed by atoms with Gasteiger partial charge in [0.2, 0.25) is 15.4 Å². The van der Waals surface area contributed by atoms with Gasteiger partial charge in [-0.1, -0.05) is 27.3 Å². The molecule has 7 nitrogen and oxygen atoms in total. The van der Waals surface area contributed by atoms with Crippen LogP contribution in [0, 0.1) is 0 Å². The maximum absolute atomic E-state index is 12.4. The second-order valence-electron chi connectivity index (χ2n) is 3.95. The van der Waals surface area contributed by atoms with Crippen molar-refractivity contribution in [3.63, 3.8) is 0 Å². The first-order valence-electron chi connectivity index (χ1n) is 5.48. The third-order valence-electron chi connectivity index (χ3n) is 2.10. The summed E-state index contributed by atoms with van der Waals surface area (Å²) in [6, 6.07) is -0.185. The molecule has 0 bridgehead atoms. The molecule has 0 aliphatic rings. The molecule has 10 heteroatoms. The molecular weight excluding hydrogens is 356 g/mol. The summed E-state index contributed by atoms with van der Waals surface area (Å²) in [5, 5.41) is 10.4. The Bertz CT molecular complexity index is 543. The molecule has 1 N–H and O–H groups in total. The molecule has 0 unspecified atom stereocenters. The van der Waals surface area contributed by atoms with Gasteiger partial charge in [0.15, 0.2) is 0 Å². The third kappa shape index (κ3) is 4.20. The van der Waals surface area contributed by atoms with Crippen LogP contribution in [-0.2, 0) is 14.8 Å². The fourth-order valence-corrected chi connectivity index (χ4v) is 4.67. The van der Waals surface area contributed by atoms with Crippen molar-refractivity contribution in [2.45, 2.75) is 31.2 Å². The van der Waals surface area contributed by atoms with Gasteiger partial charge in [0, 0.05) is 24.8 Å². The summed E-state index contributed by atoms with van der Waals surface area (Å²) in [6.07, 6.45) is 0. The zero-order valence-corrected chi connectivity index (χ0v) is 14.0. The minimum absolute atomic E-state index is 0.120. The van der Waals surface area contributed by atoms with Crippen LogP contribution in [0.3, 0.4) is 0 Å². The number of hydrogen-bond acceptors (Lipinski definition) is 6. The molecule has 0 aliphatic carbocycles. The topological polar surface area (TPSA) is 92.3 Å². The first-order valence-corrected chi connectivity index (χ1v) is 8.85. The van der Waals surface area contributed by atoms with E-state index in [-0.39, 0.29) is 21.4 Å². The van der Waals surface area contributed by atoms with Gasteiger partial charge in [-0.05, 0) is 13.8 Å². The Labute approximate surface area is 124 Å². The number of rotatable bonds is 6. The van der Waals surface area contributed by atoms with Crippen LogP contribution in [0.25, 0.3) is 0 Å². The van der Waals surface area contributed by atoms with Crippen LogP contribution in [0.15, 0.2) is 4.34 Å². The highest BCUT2D eigenvalue weighted by atomic mass is 79.9. The lowest BCUT2D eigenvalue weighted by Crippen LogP contribution is -2.38. The minimum atomic E-state index is -3.68. The van der Waals surface area contributed by atoms with Crippen molar-refractivity contribution in [1.29, 1.82) is 0 Å². The number of sulfonamides is 1. The Morgan fingerprint density at radius 2 is 2.11 bits per heavy atom. The second-order valence-corrected chi connectivity index (χ2v) is 7.79. The highest BCUT2D eigenvalue weighted by molar-refractivity contribution is 9.09. The Morgan fingerprint density at radius 3 is 2.58 bits per heavy atom. The highest BCUT2D eigenvalue weighted by Gasteiger charge is 2.30. The number of aromatic nitrogens is 2. The third-order valence-corrected chi connectivity index (χ3v) is 5.71. The smallest absolute Gasteiger partial charge is 0.272 e. The maximum atomic E-state index is 12.4. The summed E-state index contributed by atoms with van der Waals surface area (Å²) in [7, 11) is -3.68. The van der Waals surface area contributed by atoms with Crippen LogP contribution in [0.1, 0.15) is 20.8 Å². The van der Waals surface area contributed by atoms with Gasteiger partial charge in [0.25, 0.3) is 10.0 Å². The number of anilines is 1. The first kappa shape index (κ1) is 16.5. The van der Waals surface area contributed by atoms with Crippen molar-refractivity contribution in [2.24, 2.45) is 0 Å². The van der Waals surface area contributed by atoms with Gasteiger partial charge in [-0.25, -0.2) is 8.42 Å². The van der Waals surface area contributed by atoms with E-state index in [1.807, 2.05) is 0 Å². The summed E-state index contributed by atoms with van der Waals surface area (Å²) in [5.41, 5.74) is 0. The van der Waals surface area contributed by atoms with E-state index in [2.05, 4.69) is 31.4 Å². The van der Waals surface area contributed by atoms with Gasteiger partial charge in [-0.15, -0.1) is 10.2 Å². The van der Waals surface area contributed by atoms with E-state index in [1.54, 1.807) is 13.8 Å². The lowest BCUT2D eigenvalue weighted by atomic mass is 10.4. The molecule has 1 amide bonds. The van der Waals surface area contributed by atoms with Gasteiger partial charge in [-0.2, -0.15) is 4.31 Å². The molecule has 1 heterocycles. The van der Waals surface area contributed by atoms with Gasteiger partial charge in [0.05, 0.1) is 0 Å². The van der Waals surface area contributed by atoms with Crippen LogP contribution in [-0.4, -0.2) is 46.7 Å². The molecule has 1 rings (SSSR count). The fourth-order valence-electron chi connectivity index (χ4n) is 1.35. The summed E-state index contributed by atoms with van der Waals surface area (Å²) in [4.78, 5) is 10.9. The Morgan fingerprint density at radius 1 is 1.47 bits per heavy atom. The molecule has 0 saturated heterocycles. The number of halogens is 1. The lowest BCUT2D eigenvalue weighted by Gasteiger charge is -2.23. The normalized spacial score (nSPS) is 12.1. The van der Waals surface area contributed by atoms with Gasteiger partial charge >= 0.3 is 0 Å². The molecule has 108 valence electrons. The van der Waals surface area contributed by atoms with E-state index < -0.39 is 10.0 Å². The number of amides is 1. The molecule has 1 aromatic heterocycles. The summed E-state index contributed by atoms with van der Waals surface area (Å²) in [5.74, 6) is -0.318. The molecule has 0 saturated carbocycles. The molecule has 0 spiro atoms. The Kier molecular flexibility index (Phi) is 5.83. The van der Waals surface area contributed by atoms with Crippen molar-refractivity contribution in [3.05, 3.63) is 0 Å². The molecule has 19 heavy (non-hydrogen) atoms. The molecule has 0 atom stereocenters. The molecular formula is C9H15BrN4O3S2. The van der Waals surface area contributed by atoms with Gasteiger partial charge < -0.3 is 5.32 Å². The molecule has 1 aromatic rings. The summed E-state index contributed by atoms with van der Waals surface area (Å²) in [6.45, 7) is 5.24. The number of nitrogens with one attached hydrogen (secondary N) is 1. The SMILES string of the molecule is CC(=O)Nc1nnc(S(=O)(=O)N(CCBr)C(C)C)s1. The zero-order chi connectivity index (χ0) is 14.6. The second kappa shape index (κ2) is 6.73. The predicted octanol–water partition coefficient (Wildman–Crippen LogP) is 1.29. The number of nitrogens with zero attached hydrogens (tertiary/aromatic N) is 3. The number of carbonyl (C=O) groups excluding carboxylic acids is 1. The van der Waals surface area contributed by atoms with E-state index in [0.717, 1.165) is 11.3 Å². The van der Waals surface area contributed by atoms with Crippen LogP contribution >= 0.6 is 27.3 Å². The number of carbonyl (C=O) groups is 1. The Hall–Kier alpha value is -0.580. The average molecular weight is 371 g/mol. The van der Waals surface area contributed by atoms with Crippen molar-refractivity contribution in [3.8, 4) is 0 Å². The van der Waals surface area contributed by atoms with Gasteiger partial charge in [0.1, 0.15) is 0 Å². The first-order chi connectivity index (χ1) is 8.78. The quantitative estimate of drug-likeness (QED) is 0.601. The van der Waals surface area contributed by atoms with Crippen molar-refractivity contribution < 1.29 is 13.2 Å². The molecule has 0 radical (unpaired) electrons. The number of hydrogen-bond donors (Lipinski definition) is 1. The van der Waals surface area contributed by atoms with Crippen LogP contribution in [0.2, 0.25) is 0 Å². The average Bonchev–Trinajstić information content (AvgIpc) is 2.73. The zero-order valence-electron chi connectivity index (χ0n) is 10.8. The van der Waals surface area contributed by atoms with Crippen molar-refractivity contribution in [2.75, 3.05) is 17.2 Å². The van der Waals surface area contributed by atoms with Crippen LogP contribution in [0.4, 0.5) is 5.13 Å². The summed E-state index contributed by atoms with van der Waals surface area (Å²) >= 11 is 4.07. The van der Waals surface area contributed by atoms with E-state index in [9.17, 15) is 13.2 Å². The van der Waals surface area contributed by atoms with Crippen LogP contribution < -0.4 is 5.32 Å². The fraction of sp³-hybridized carbons (Fsp3) is 0.667. The predicted molar refractivity (Wildman–Crippen MR) is 77.0 cm³/mol. The standard InChI is InChI=1S/C9H15BrN4O3S2/c1-6(2)14(5-4-10)19(16,17)9-13-12-8(18-9)11-7(3)15/h6H,4-5H2,1-3H3,(H,11,12,15). The monoisotopic (exact) mass is 370 g/mol. The largest absolute Gasteiger partial charge is 0.301 e. The molecule has 0 aliphatic heterocycles. The van der Waals surface area contributed by atoms with Crippen LogP contribution in [0.5, 0.6) is 0 Å². The molecule has 0 fully saturated rings. The van der Waals surface area contributed by atoms with E-state index in [1.165, 1.54) is 11.2 Å². The Balaban J connectivity index is 3.04. The van der Waals surface area contributed by atoms with E-state index in [4.69, 9.17) is 0 Å². The lowest BCUT2D eigenvalue weighted by molar-refractivity contribution is -0.114. The van der Waals surface area contributed by atoms with Crippen molar-refractivity contribution in [1.82, 2.24) is 14.5 Å². The van der Waals surface area contributed by atoms with E-state index in [0.29, 0.717) is 11.9 Å². The molecule has 0 aromatic carbocycles. The van der Waals surface area contributed by atoms with Crippen molar-refractivity contribution >= 4 is 48.3 Å². The maximum Gasteiger partial charge on any atom is 0.272 e. The highest BCUT2D eigenvalue weighted by Crippen LogP contribution is 2.24. The number of alkyl halides is 1.